The third-order valence-corrected chi connectivity index (χ3v) is 13.3. The van der Waals surface area contributed by atoms with Crippen LogP contribution in [0.3, 0.4) is 0 Å². The normalized spacial score (nSPS) is 17.1. The summed E-state index contributed by atoms with van der Waals surface area (Å²) in [6, 6.07) is 17.2. The van der Waals surface area contributed by atoms with Crippen molar-refractivity contribution in [3.05, 3.63) is 83.0 Å². The number of aromatic nitrogens is 2. The number of fused-ring (bicyclic) bond motifs is 1. The average Bonchev–Trinajstić information content (AvgIpc) is 3.47. The van der Waals surface area contributed by atoms with E-state index in [1.165, 1.54) is 18.0 Å². The van der Waals surface area contributed by atoms with Crippen molar-refractivity contribution in [3.63, 3.8) is 0 Å². The van der Waals surface area contributed by atoms with E-state index in [4.69, 9.17) is 16.3 Å². The number of imide groups is 2. The first-order valence-corrected chi connectivity index (χ1v) is 23.2. The molecule has 4 heterocycles. The summed E-state index contributed by atoms with van der Waals surface area (Å²) in [5.41, 5.74) is 2.78. The standard InChI is InChI=1S/C41H44ClN8O7PS/c1-57-31-22-25(13-14-28(31)46-41-43-23-27(42)37(48-41)45-29-9-4-5-10-32(29)58(2,3)56)49-19-17-24(18-20-49)44-34(51)12-7-21-59-33-11-6-8-26-36(33)40(55)50(39(26)54)30-15-16-35(52)47-38(30)53/h4-6,8-11,13-14,22-24,30H,7,12,15-21H2,1-3H3,(H,44,51)(H,47,52,53)(H2,43,45,46,48). The molecule has 2 fully saturated rings. The van der Waals surface area contributed by atoms with Crippen molar-refractivity contribution in [1.82, 2.24) is 25.5 Å². The van der Waals surface area contributed by atoms with Crippen molar-refractivity contribution in [3.8, 4) is 5.75 Å². The van der Waals surface area contributed by atoms with Gasteiger partial charge >= 0.3 is 0 Å². The Morgan fingerprint density at radius 2 is 1.76 bits per heavy atom. The summed E-state index contributed by atoms with van der Waals surface area (Å²) in [5, 5.41) is 12.8. The van der Waals surface area contributed by atoms with Crippen LogP contribution in [0.5, 0.6) is 5.75 Å². The zero-order chi connectivity index (χ0) is 41.8. The molecule has 0 spiro atoms. The van der Waals surface area contributed by atoms with Gasteiger partial charge in [0.05, 0.1) is 35.8 Å². The predicted octanol–water partition coefficient (Wildman–Crippen LogP) is 5.93. The van der Waals surface area contributed by atoms with Gasteiger partial charge in [0.15, 0.2) is 5.82 Å². The third-order valence-electron chi connectivity index (χ3n) is 10.4. The van der Waals surface area contributed by atoms with E-state index in [-0.39, 0.29) is 35.9 Å². The van der Waals surface area contributed by atoms with E-state index in [0.29, 0.717) is 62.7 Å². The number of nitrogens with one attached hydrogen (secondary N) is 4. The van der Waals surface area contributed by atoms with Crippen LogP contribution in [-0.2, 0) is 18.9 Å². The summed E-state index contributed by atoms with van der Waals surface area (Å²) in [6.07, 6.45) is 4.05. The van der Waals surface area contributed by atoms with Gasteiger partial charge in [-0.1, -0.05) is 29.8 Å². The second kappa shape index (κ2) is 17.8. The summed E-state index contributed by atoms with van der Waals surface area (Å²) in [7, 11) is -0.979. The Labute approximate surface area is 350 Å². The van der Waals surface area contributed by atoms with Crippen LogP contribution in [0.4, 0.5) is 28.8 Å². The van der Waals surface area contributed by atoms with E-state index in [9.17, 15) is 28.5 Å². The van der Waals surface area contributed by atoms with E-state index in [0.717, 1.165) is 36.5 Å². The maximum absolute atomic E-state index is 13.4. The molecule has 0 bridgehead atoms. The number of carbonyl (C=O) groups excluding carboxylic acids is 5. The molecule has 4 N–H and O–H groups in total. The third kappa shape index (κ3) is 9.40. The minimum absolute atomic E-state index is 0.0342. The van der Waals surface area contributed by atoms with Crippen LogP contribution in [0.2, 0.25) is 5.02 Å². The van der Waals surface area contributed by atoms with Gasteiger partial charge in [0, 0.05) is 53.9 Å². The zero-order valence-electron chi connectivity index (χ0n) is 32.7. The largest absolute Gasteiger partial charge is 0.494 e. The summed E-state index contributed by atoms with van der Waals surface area (Å²) in [5.74, 6) is -0.401. The molecule has 1 unspecified atom stereocenters. The van der Waals surface area contributed by atoms with Crippen molar-refractivity contribution >= 4 is 94.2 Å². The van der Waals surface area contributed by atoms with Gasteiger partial charge < -0.3 is 30.2 Å². The number of methoxy groups -OCH3 is 1. The number of nitrogens with zero attached hydrogens (tertiary/aromatic N) is 4. The molecule has 5 amide bonds. The van der Waals surface area contributed by atoms with Crippen molar-refractivity contribution in [2.24, 2.45) is 0 Å². The number of halogens is 1. The molecule has 7 rings (SSSR count). The van der Waals surface area contributed by atoms with E-state index in [1.807, 2.05) is 42.5 Å². The van der Waals surface area contributed by atoms with Crippen LogP contribution >= 0.6 is 30.5 Å². The second-order valence-corrected chi connectivity index (χ2v) is 19.5. The fourth-order valence-electron chi connectivity index (χ4n) is 7.39. The van der Waals surface area contributed by atoms with Crippen molar-refractivity contribution in [2.45, 2.75) is 55.5 Å². The molecule has 3 aliphatic rings. The van der Waals surface area contributed by atoms with Gasteiger partial charge in [-0.25, -0.2) is 4.98 Å². The highest BCUT2D eigenvalue weighted by atomic mass is 35.5. The molecular formula is C41H44ClN8O7PS. The number of para-hydroxylation sites is 1. The maximum atomic E-state index is 13.4. The first-order chi connectivity index (χ1) is 28.3. The highest BCUT2D eigenvalue weighted by Gasteiger charge is 2.45. The van der Waals surface area contributed by atoms with Crippen LogP contribution in [-0.4, -0.2) is 95.8 Å². The van der Waals surface area contributed by atoms with Gasteiger partial charge in [0.1, 0.15) is 24.0 Å². The molecular weight excluding hydrogens is 815 g/mol. The molecule has 15 nitrogen and oxygen atoms in total. The Hall–Kier alpha value is -5.44. The Kier molecular flexibility index (Phi) is 12.6. The minimum Gasteiger partial charge on any atom is -0.494 e. The van der Waals surface area contributed by atoms with Gasteiger partial charge in [-0.3, -0.25) is 34.2 Å². The number of benzene rings is 3. The lowest BCUT2D eigenvalue weighted by atomic mass is 10.0. The molecule has 0 saturated carbocycles. The summed E-state index contributed by atoms with van der Waals surface area (Å²) in [6.45, 7) is 4.89. The Morgan fingerprint density at radius 1 is 0.983 bits per heavy atom. The van der Waals surface area contributed by atoms with E-state index in [2.05, 4.69) is 36.1 Å². The predicted molar refractivity (Wildman–Crippen MR) is 229 cm³/mol. The SMILES string of the molecule is COc1cc(N2CCC(NC(=O)CCCSc3cccc4c3C(=O)N(C3CCC(=O)NC3=O)C4=O)CC2)ccc1Nc1ncc(Cl)c(Nc2ccccc2P(C)(C)=O)n1. The van der Waals surface area contributed by atoms with Crippen LogP contribution in [0.15, 0.2) is 71.8 Å². The van der Waals surface area contributed by atoms with Crippen molar-refractivity contribution in [2.75, 3.05) is 54.8 Å². The highest BCUT2D eigenvalue weighted by molar-refractivity contribution is 7.99. The van der Waals surface area contributed by atoms with Gasteiger partial charge in [0.25, 0.3) is 11.8 Å². The van der Waals surface area contributed by atoms with Gasteiger partial charge in [-0.15, -0.1) is 11.8 Å². The second-order valence-electron chi connectivity index (χ2n) is 14.8. The van der Waals surface area contributed by atoms with Crippen LogP contribution < -0.4 is 36.2 Å². The number of rotatable bonds is 14. The number of amides is 5. The molecule has 18 heteroatoms. The fourth-order valence-corrected chi connectivity index (χ4v) is 9.71. The van der Waals surface area contributed by atoms with Gasteiger partial charge in [-0.05, 0) is 81.2 Å². The van der Waals surface area contributed by atoms with Crippen LogP contribution in [0.1, 0.15) is 59.2 Å². The lowest BCUT2D eigenvalue weighted by molar-refractivity contribution is -0.136. The quantitative estimate of drug-likeness (QED) is 0.0505. The molecule has 1 aromatic heterocycles. The number of ether oxygens (including phenoxy) is 1. The smallest absolute Gasteiger partial charge is 0.263 e. The van der Waals surface area contributed by atoms with Crippen molar-refractivity contribution < 1.29 is 33.3 Å². The lowest BCUT2D eigenvalue weighted by Gasteiger charge is -2.34. The van der Waals surface area contributed by atoms with Crippen LogP contribution in [0.25, 0.3) is 0 Å². The Bertz CT molecular complexity index is 2370. The summed E-state index contributed by atoms with van der Waals surface area (Å²) < 4.78 is 18.6. The maximum Gasteiger partial charge on any atom is 0.263 e. The molecule has 1 atom stereocenters. The summed E-state index contributed by atoms with van der Waals surface area (Å²) >= 11 is 7.84. The Balaban J connectivity index is 0.882. The number of carbonyl (C=O) groups is 5. The number of hydrogen-bond acceptors (Lipinski definition) is 13. The van der Waals surface area contributed by atoms with Gasteiger partial charge in [-0.2, -0.15) is 4.98 Å². The van der Waals surface area contributed by atoms with Crippen molar-refractivity contribution in [1.29, 1.82) is 0 Å². The molecule has 2 saturated heterocycles. The minimum atomic E-state index is -2.57. The zero-order valence-corrected chi connectivity index (χ0v) is 35.2. The average molecular weight is 859 g/mol. The first kappa shape index (κ1) is 41.7. The number of anilines is 5. The number of hydrogen-bond donors (Lipinski definition) is 4. The summed E-state index contributed by atoms with van der Waals surface area (Å²) in [4.78, 5) is 76.3. The fraction of sp³-hybridized carbons (Fsp3) is 0.341. The van der Waals surface area contributed by atoms with E-state index >= 15 is 0 Å². The molecule has 3 aromatic carbocycles. The molecule has 3 aliphatic heterocycles. The van der Waals surface area contributed by atoms with Crippen LogP contribution in [0, 0.1) is 0 Å². The van der Waals surface area contributed by atoms with Gasteiger partial charge in [0.2, 0.25) is 23.7 Å². The van der Waals surface area contributed by atoms with E-state index in [1.54, 1.807) is 38.6 Å². The molecule has 59 heavy (non-hydrogen) atoms. The Morgan fingerprint density at radius 3 is 2.51 bits per heavy atom. The molecule has 0 aliphatic carbocycles. The monoisotopic (exact) mass is 858 g/mol. The lowest BCUT2D eigenvalue weighted by Crippen LogP contribution is -2.54. The molecule has 0 radical (unpaired) electrons. The molecule has 4 aromatic rings. The topological polar surface area (TPSA) is 192 Å². The number of piperidine rings is 2. The van der Waals surface area contributed by atoms with E-state index < -0.39 is 36.8 Å². The first-order valence-electron chi connectivity index (χ1n) is 19.2. The number of thioether (sulfide) groups is 1. The molecule has 308 valence electrons. The highest BCUT2D eigenvalue weighted by Crippen LogP contribution is 2.39.